The molecule has 0 bridgehead atoms. The van der Waals surface area contributed by atoms with Gasteiger partial charge in [0.2, 0.25) is 0 Å². The summed E-state index contributed by atoms with van der Waals surface area (Å²) >= 11 is 0. The van der Waals surface area contributed by atoms with Crippen LogP contribution in [0.3, 0.4) is 0 Å². The summed E-state index contributed by atoms with van der Waals surface area (Å²) in [6.07, 6.45) is -1.22. The zero-order chi connectivity index (χ0) is 11.2. The molecule has 0 aromatic heterocycles. The maximum atomic E-state index is 10.1. The molecule has 0 radical (unpaired) electrons. The highest BCUT2D eigenvalue weighted by molar-refractivity contribution is 5.88. The lowest BCUT2D eigenvalue weighted by molar-refractivity contribution is 0.117. The van der Waals surface area contributed by atoms with E-state index < -0.39 is 6.08 Å². The molecule has 2 nitrogen and oxygen atoms in total. The zero-order valence-electron chi connectivity index (χ0n) is 9.23. The fourth-order valence-electron chi connectivity index (χ4n) is 2.05. The summed E-state index contributed by atoms with van der Waals surface area (Å²) in [5.41, 5.74) is 0.594. The predicted molar refractivity (Wildman–Crippen MR) is 59.0 cm³/mol. The Balaban J connectivity index is 2.39. The first kappa shape index (κ1) is 7.71. The second kappa shape index (κ2) is 3.24. The number of ether oxygens (including phenoxy) is 1. The molecular weight excluding hydrogens is 188 g/mol. The second-order valence-electron chi connectivity index (χ2n) is 3.70. The van der Waals surface area contributed by atoms with Crippen LogP contribution in [-0.4, -0.2) is 11.7 Å². The Labute approximate surface area is 89.5 Å². The van der Waals surface area contributed by atoms with Crippen LogP contribution in [-0.2, 0) is 0 Å². The lowest BCUT2D eigenvalue weighted by Crippen LogP contribution is -2.13. The van der Waals surface area contributed by atoms with E-state index in [4.69, 9.17) is 6.11 Å². The number of aliphatic hydroxyl groups is 1. The van der Waals surface area contributed by atoms with E-state index in [2.05, 4.69) is 0 Å². The van der Waals surface area contributed by atoms with Crippen molar-refractivity contribution in [3.05, 3.63) is 42.0 Å². The topological polar surface area (TPSA) is 29.5 Å². The van der Waals surface area contributed by atoms with Crippen molar-refractivity contribution in [3.8, 4) is 5.75 Å². The SMILES string of the molecule is [2H]C1(O)CCOc2ccc3ccccc3c21. The normalized spacial score (nSPS) is 25.5. The first-order valence-electron chi connectivity index (χ1n) is 5.56. The number of fused-ring (bicyclic) bond motifs is 3. The van der Waals surface area contributed by atoms with E-state index in [0.29, 0.717) is 24.3 Å². The molecule has 1 heterocycles. The molecule has 0 saturated carbocycles. The molecule has 2 aromatic carbocycles. The van der Waals surface area contributed by atoms with Crippen LogP contribution >= 0.6 is 0 Å². The molecule has 1 N–H and O–H groups in total. The van der Waals surface area contributed by atoms with Gasteiger partial charge in [-0.15, -0.1) is 0 Å². The van der Waals surface area contributed by atoms with Crippen molar-refractivity contribution < 1.29 is 11.2 Å². The fraction of sp³-hybridized carbons (Fsp3) is 0.231. The third kappa shape index (κ3) is 1.29. The summed E-state index contributed by atoms with van der Waals surface area (Å²) in [4.78, 5) is 0. The Kier molecular flexibility index (Phi) is 1.67. The number of hydrogen-bond donors (Lipinski definition) is 1. The van der Waals surface area contributed by atoms with Crippen LogP contribution in [0.5, 0.6) is 5.75 Å². The molecule has 0 aliphatic carbocycles. The van der Waals surface area contributed by atoms with E-state index >= 15 is 0 Å². The Bertz CT molecular complexity index is 549. The highest BCUT2D eigenvalue weighted by atomic mass is 16.5. The van der Waals surface area contributed by atoms with E-state index in [0.717, 1.165) is 10.8 Å². The van der Waals surface area contributed by atoms with Gasteiger partial charge in [-0.3, -0.25) is 0 Å². The Morgan fingerprint density at radius 3 is 3.07 bits per heavy atom. The van der Waals surface area contributed by atoms with Gasteiger partial charge >= 0.3 is 0 Å². The van der Waals surface area contributed by atoms with Gasteiger partial charge in [0.1, 0.15) is 5.75 Å². The summed E-state index contributed by atoms with van der Waals surface area (Å²) in [6, 6.07) is 11.5. The first-order valence-corrected chi connectivity index (χ1v) is 5.06. The van der Waals surface area contributed by atoms with Gasteiger partial charge in [-0.25, -0.2) is 0 Å². The molecular formula is C13H12O2. The molecule has 2 heteroatoms. The molecule has 0 fully saturated rings. The Hall–Kier alpha value is -1.54. The van der Waals surface area contributed by atoms with E-state index in [-0.39, 0.29) is 0 Å². The van der Waals surface area contributed by atoms with Gasteiger partial charge in [-0.1, -0.05) is 30.3 Å². The Morgan fingerprint density at radius 2 is 2.13 bits per heavy atom. The van der Waals surface area contributed by atoms with Crippen molar-refractivity contribution in [2.24, 2.45) is 0 Å². The van der Waals surface area contributed by atoms with Crippen LogP contribution in [0, 0.1) is 0 Å². The minimum absolute atomic E-state index is 0.313. The van der Waals surface area contributed by atoms with Crippen LogP contribution < -0.4 is 4.74 Å². The third-order valence-electron chi connectivity index (χ3n) is 2.78. The second-order valence-corrected chi connectivity index (χ2v) is 3.70. The van der Waals surface area contributed by atoms with Gasteiger partial charge < -0.3 is 9.84 Å². The minimum Gasteiger partial charge on any atom is -0.493 e. The first-order chi connectivity index (χ1) is 7.68. The van der Waals surface area contributed by atoms with Crippen molar-refractivity contribution in [3.63, 3.8) is 0 Å². The van der Waals surface area contributed by atoms with Crippen LogP contribution in [0.15, 0.2) is 36.4 Å². The fourth-order valence-corrected chi connectivity index (χ4v) is 2.05. The molecule has 0 saturated heterocycles. The highest BCUT2D eigenvalue weighted by Crippen LogP contribution is 2.37. The minimum atomic E-state index is -1.53. The largest absolute Gasteiger partial charge is 0.493 e. The molecule has 3 rings (SSSR count). The van der Waals surface area contributed by atoms with Crippen LogP contribution in [0.4, 0.5) is 0 Å². The summed E-state index contributed by atoms with van der Waals surface area (Å²) < 4.78 is 13.5. The molecule has 1 aliphatic rings. The molecule has 76 valence electrons. The molecule has 2 aromatic rings. The smallest absolute Gasteiger partial charge is 0.125 e. The quantitative estimate of drug-likeness (QED) is 0.710. The molecule has 0 spiro atoms. The van der Waals surface area contributed by atoms with E-state index in [1.807, 2.05) is 36.4 Å². The summed E-state index contributed by atoms with van der Waals surface area (Å²) in [7, 11) is 0. The van der Waals surface area contributed by atoms with Crippen molar-refractivity contribution in [1.29, 1.82) is 0 Å². The molecule has 15 heavy (non-hydrogen) atoms. The summed E-state index contributed by atoms with van der Waals surface area (Å²) in [5.74, 6) is 0.627. The highest BCUT2D eigenvalue weighted by Gasteiger charge is 2.21. The molecule has 0 amide bonds. The van der Waals surface area contributed by atoms with Gasteiger partial charge in [-0.2, -0.15) is 0 Å². The van der Waals surface area contributed by atoms with E-state index in [1.165, 1.54) is 0 Å². The predicted octanol–water partition coefficient (Wildman–Crippen LogP) is 2.66. The lowest BCUT2D eigenvalue weighted by Gasteiger charge is -2.23. The zero-order valence-corrected chi connectivity index (χ0v) is 8.23. The molecule has 1 atom stereocenters. The van der Waals surface area contributed by atoms with E-state index in [9.17, 15) is 5.11 Å². The molecule has 1 unspecified atom stereocenters. The lowest BCUT2D eigenvalue weighted by atomic mass is 9.96. The van der Waals surface area contributed by atoms with Gasteiger partial charge in [-0.05, 0) is 16.8 Å². The summed E-state index contributed by atoms with van der Waals surface area (Å²) in [6.45, 7) is 0.394. The van der Waals surface area contributed by atoms with Crippen LogP contribution in [0.1, 0.15) is 19.4 Å². The van der Waals surface area contributed by atoms with Crippen molar-refractivity contribution in [2.45, 2.75) is 12.5 Å². The number of hydrogen-bond acceptors (Lipinski definition) is 2. The average molecular weight is 201 g/mol. The van der Waals surface area contributed by atoms with Crippen molar-refractivity contribution in [2.75, 3.05) is 6.61 Å². The van der Waals surface area contributed by atoms with Crippen molar-refractivity contribution in [1.82, 2.24) is 0 Å². The van der Waals surface area contributed by atoms with Gasteiger partial charge in [0, 0.05) is 12.0 Å². The van der Waals surface area contributed by atoms with Crippen LogP contribution in [0.25, 0.3) is 10.8 Å². The van der Waals surface area contributed by atoms with Gasteiger partial charge in [0.15, 0.2) is 0 Å². The monoisotopic (exact) mass is 201 g/mol. The van der Waals surface area contributed by atoms with Gasteiger partial charge in [0.25, 0.3) is 0 Å². The standard InChI is InChI=1S/C13H12O2/c14-11-7-8-15-12-6-5-9-3-1-2-4-10(9)13(11)12/h1-6,11,14H,7-8H2/i11D. The maximum Gasteiger partial charge on any atom is 0.125 e. The van der Waals surface area contributed by atoms with Crippen LogP contribution in [0.2, 0.25) is 0 Å². The Morgan fingerprint density at radius 1 is 1.27 bits per heavy atom. The number of rotatable bonds is 0. The molecule has 1 aliphatic heterocycles. The number of benzene rings is 2. The maximum absolute atomic E-state index is 10.1. The van der Waals surface area contributed by atoms with Crippen molar-refractivity contribution >= 4 is 10.8 Å². The van der Waals surface area contributed by atoms with Gasteiger partial charge in [0.05, 0.1) is 14.1 Å². The summed E-state index contributed by atoms with van der Waals surface area (Å²) in [5, 5.41) is 12.0. The third-order valence-corrected chi connectivity index (χ3v) is 2.78. The average Bonchev–Trinajstić information content (AvgIpc) is 2.28. The van der Waals surface area contributed by atoms with E-state index in [1.54, 1.807) is 0 Å².